The molecule has 110 valence electrons. The third-order valence-electron chi connectivity index (χ3n) is 2.66. The number of benzene rings is 1. The first kappa shape index (κ1) is 15.3. The molecule has 0 saturated carbocycles. The van der Waals surface area contributed by atoms with Crippen molar-refractivity contribution >= 4 is 33.2 Å². The topological polar surface area (TPSA) is 88.2 Å². The minimum Gasteiger partial charge on any atom is -0.355 e. The van der Waals surface area contributed by atoms with Gasteiger partial charge in [-0.25, -0.2) is 8.42 Å². The van der Waals surface area contributed by atoms with Gasteiger partial charge in [-0.2, -0.15) is 0 Å². The third-order valence-corrected chi connectivity index (χ3v) is 4.27. The molecule has 1 amide bonds. The number of aromatic nitrogens is 1. The highest BCUT2D eigenvalue weighted by Crippen LogP contribution is 2.23. The Morgan fingerprint density at radius 1 is 1.19 bits per heavy atom. The van der Waals surface area contributed by atoms with Crippen molar-refractivity contribution in [2.24, 2.45) is 0 Å². The zero-order chi connectivity index (χ0) is 15.5. The molecule has 0 aliphatic heterocycles. The van der Waals surface area contributed by atoms with Gasteiger partial charge in [0.05, 0.1) is 16.1 Å². The fraction of sp³-hybridized carbons (Fsp3) is 0.0769. The number of sulfonamides is 1. The van der Waals surface area contributed by atoms with Gasteiger partial charge in [0, 0.05) is 24.5 Å². The van der Waals surface area contributed by atoms with Gasteiger partial charge < -0.3 is 5.32 Å². The maximum absolute atomic E-state index is 12.2. The Hall–Kier alpha value is -2.12. The number of hydrogen-bond acceptors (Lipinski definition) is 4. The summed E-state index contributed by atoms with van der Waals surface area (Å²) in [7, 11) is -2.35. The van der Waals surface area contributed by atoms with E-state index in [1.165, 1.54) is 49.8 Å². The van der Waals surface area contributed by atoms with Crippen molar-refractivity contribution in [3.8, 4) is 0 Å². The molecule has 0 radical (unpaired) electrons. The number of nitrogens with one attached hydrogen (secondary N) is 2. The molecule has 6 nitrogen and oxygen atoms in total. The van der Waals surface area contributed by atoms with Gasteiger partial charge in [-0.3, -0.25) is 14.5 Å². The standard InChI is InChI=1S/C13H12ClN3O3S/c1-15-13(18)11-8-9(14)2-3-12(11)17-21(19,20)10-4-6-16-7-5-10/h2-8,17H,1H3,(H,15,18). The van der Waals surface area contributed by atoms with E-state index in [9.17, 15) is 13.2 Å². The molecule has 0 aliphatic carbocycles. The van der Waals surface area contributed by atoms with Crippen LogP contribution in [0.25, 0.3) is 0 Å². The number of halogens is 1. The summed E-state index contributed by atoms with van der Waals surface area (Å²) in [6, 6.07) is 7.05. The highest BCUT2D eigenvalue weighted by Gasteiger charge is 2.18. The van der Waals surface area contributed by atoms with Crippen LogP contribution in [0.1, 0.15) is 10.4 Å². The lowest BCUT2D eigenvalue weighted by molar-refractivity contribution is 0.0964. The van der Waals surface area contributed by atoms with E-state index in [1.54, 1.807) is 0 Å². The Morgan fingerprint density at radius 3 is 2.48 bits per heavy atom. The summed E-state index contributed by atoms with van der Waals surface area (Å²) in [5.41, 5.74) is 0.290. The van der Waals surface area contributed by atoms with Gasteiger partial charge in [0.15, 0.2) is 0 Å². The second-order valence-corrected chi connectivity index (χ2v) is 6.18. The van der Waals surface area contributed by atoms with E-state index in [0.717, 1.165) is 0 Å². The molecule has 1 heterocycles. The quantitative estimate of drug-likeness (QED) is 0.898. The first-order valence-corrected chi connectivity index (χ1v) is 7.74. The van der Waals surface area contributed by atoms with Crippen LogP contribution in [-0.2, 0) is 10.0 Å². The molecule has 2 rings (SSSR count). The molecule has 2 N–H and O–H groups in total. The molecule has 0 unspecified atom stereocenters. The van der Waals surface area contributed by atoms with Crippen molar-refractivity contribution in [1.82, 2.24) is 10.3 Å². The molecule has 0 atom stereocenters. The van der Waals surface area contributed by atoms with Crippen molar-refractivity contribution < 1.29 is 13.2 Å². The van der Waals surface area contributed by atoms with Crippen LogP contribution in [0.4, 0.5) is 5.69 Å². The van der Waals surface area contributed by atoms with Gasteiger partial charge in [0.2, 0.25) is 0 Å². The smallest absolute Gasteiger partial charge is 0.262 e. The number of carbonyl (C=O) groups is 1. The number of nitrogens with zero attached hydrogens (tertiary/aromatic N) is 1. The largest absolute Gasteiger partial charge is 0.355 e. The van der Waals surface area contributed by atoms with Crippen molar-refractivity contribution in [2.75, 3.05) is 11.8 Å². The zero-order valence-corrected chi connectivity index (χ0v) is 12.6. The highest BCUT2D eigenvalue weighted by atomic mass is 35.5. The lowest BCUT2D eigenvalue weighted by atomic mass is 10.2. The average molecular weight is 326 g/mol. The number of anilines is 1. The number of rotatable bonds is 4. The Kier molecular flexibility index (Phi) is 4.44. The Labute approximate surface area is 127 Å². The Bertz CT molecular complexity index is 763. The van der Waals surface area contributed by atoms with Crippen LogP contribution >= 0.6 is 11.6 Å². The van der Waals surface area contributed by atoms with E-state index >= 15 is 0 Å². The van der Waals surface area contributed by atoms with Crippen LogP contribution in [0.5, 0.6) is 0 Å². The third kappa shape index (κ3) is 3.50. The Balaban J connectivity index is 2.42. The number of hydrogen-bond donors (Lipinski definition) is 2. The van der Waals surface area contributed by atoms with Crippen molar-refractivity contribution in [2.45, 2.75) is 4.90 Å². The predicted octanol–water partition coefficient (Wildman–Crippen LogP) is 1.90. The van der Waals surface area contributed by atoms with Crippen LogP contribution in [0, 0.1) is 0 Å². The number of amides is 1. The van der Waals surface area contributed by atoms with Crippen LogP contribution in [0.15, 0.2) is 47.6 Å². The van der Waals surface area contributed by atoms with E-state index in [2.05, 4.69) is 15.0 Å². The zero-order valence-electron chi connectivity index (χ0n) is 11.0. The van der Waals surface area contributed by atoms with Crippen LogP contribution in [0.2, 0.25) is 5.02 Å². The first-order valence-electron chi connectivity index (χ1n) is 5.88. The van der Waals surface area contributed by atoms with Crippen LogP contribution in [-0.4, -0.2) is 26.4 Å². The second-order valence-electron chi connectivity index (χ2n) is 4.06. The van der Waals surface area contributed by atoms with Crippen LogP contribution < -0.4 is 10.0 Å². The monoisotopic (exact) mass is 325 g/mol. The normalized spacial score (nSPS) is 11.0. The Morgan fingerprint density at radius 2 is 1.86 bits per heavy atom. The van der Waals surface area contributed by atoms with E-state index < -0.39 is 15.9 Å². The van der Waals surface area contributed by atoms with Gasteiger partial charge in [0.25, 0.3) is 15.9 Å². The summed E-state index contributed by atoms with van der Waals surface area (Å²) in [5, 5.41) is 2.77. The lowest BCUT2D eigenvalue weighted by Gasteiger charge is -2.12. The number of pyridine rings is 1. The highest BCUT2D eigenvalue weighted by molar-refractivity contribution is 7.92. The molecule has 8 heteroatoms. The molecule has 0 aliphatic rings. The molecule has 0 saturated heterocycles. The van der Waals surface area contributed by atoms with Crippen molar-refractivity contribution in [3.63, 3.8) is 0 Å². The fourth-order valence-electron chi connectivity index (χ4n) is 1.65. The molecular formula is C13H12ClN3O3S. The van der Waals surface area contributed by atoms with Crippen LogP contribution in [0.3, 0.4) is 0 Å². The minimum absolute atomic E-state index is 0.0512. The minimum atomic E-state index is -3.80. The second kappa shape index (κ2) is 6.11. The summed E-state index contributed by atoms with van der Waals surface area (Å²) in [5.74, 6) is -0.440. The maximum atomic E-state index is 12.2. The van der Waals surface area contributed by atoms with E-state index in [4.69, 9.17) is 11.6 Å². The van der Waals surface area contributed by atoms with Gasteiger partial charge in [-0.15, -0.1) is 0 Å². The van der Waals surface area contributed by atoms with Gasteiger partial charge in [-0.1, -0.05) is 11.6 Å². The lowest BCUT2D eigenvalue weighted by Crippen LogP contribution is -2.21. The van der Waals surface area contributed by atoms with Crippen molar-refractivity contribution in [3.05, 3.63) is 53.3 Å². The fourth-order valence-corrected chi connectivity index (χ4v) is 2.89. The van der Waals surface area contributed by atoms with Gasteiger partial charge in [-0.05, 0) is 30.3 Å². The molecule has 21 heavy (non-hydrogen) atoms. The summed E-state index contributed by atoms with van der Waals surface area (Å²) >= 11 is 5.84. The summed E-state index contributed by atoms with van der Waals surface area (Å²) in [6.45, 7) is 0. The van der Waals surface area contributed by atoms with E-state index in [0.29, 0.717) is 5.02 Å². The SMILES string of the molecule is CNC(=O)c1cc(Cl)ccc1NS(=O)(=O)c1ccncc1. The van der Waals surface area contributed by atoms with Gasteiger partial charge in [0.1, 0.15) is 0 Å². The average Bonchev–Trinajstić information content (AvgIpc) is 2.49. The molecule has 0 spiro atoms. The molecule has 0 fully saturated rings. The maximum Gasteiger partial charge on any atom is 0.262 e. The summed E-state index contributed by atoms with van der Waals surface area (Å²) in [6.07, 6.45) is 2.74. The van der Waals surface area contributed by atoms with Crippen molar-refractivity contribution in [1.29, 1.82) is 0 Å². The van der Waals surface area contributed by atoms with Gasteiger partial charge >= 0.3 is 0 Å². The molecule has 1 aromatic heterocycles. The molecular weight excluding hydrogens is 314 g/mol. The molecule has 2 aromatic rings. The van der Waals surface area contributed by atoms with E-state index in [1.807, 2.05) is 0 Å². The number of carbonyl (C=O) groups excluding carboxylic acids is 1. The predicted molar refractivity (Wildman–Crippen MR) is 79.9 cm³/mol. The first-order chi connectivity index (χ1) is 9.94. The van der Waals surface area contributed by atoms with E-state index in [-0.39, 0.29) is 16.1 Å². The molecule has 0 bridgehead atoms. The summed E-state index contributed by atoms with van der Waals surface area (Å²) in [4.78, 5) is 15.6. The molecule has 1 aromatic carbocycles. The summed E-state index contributed by atoms with van der Waals surface area (Å²) < 4.78 is 26.9.